The van der Waals surface area contributed by atoms with Gasteiger partial charge in [-0.2, -0.15) is 0 Å². The molecule has 0 amide bonds. The van der Waals surface area contributed by atoms with Gasteiger partial charge in [0.2, 0.25) is 0 Å². The molecule has 0 spiro atoms. The van der Waals surface area contributed by atoms with Gasteiger partial charge < -0.3 is 10.2 Å². The number of nitrogens with zero attached hydrogens (tertiary/aromatic N) is 4. The Hall–Kier alpha value is -2.66. The number of aromatic nitrogens is 1. The zero-order chi connectivity index (χ0) is 18.7. The molecule has 0 atom stereocenters. The summed E-state index contributed by atoms with van der Waals surface area (Å²) in [5, 5.41) is 3.48. The van der Waals surface area contributed by atoms with Crippen molar-refractivity contribution in [2.75, 3.05) is 46.3 Å². The third-order valence-electron chi connectivity index (χ3n) is 4.78. The lowest BCUT2D eigenvalue weighted by atomic mass is 10.2. The fourth-order valence-corrected chi connectivity index (χ4v) is 3.24. The van der Waals surface area contributed by atoms with E-state index in [2.05, 4.69) is 67.6 Å². The van der Waals surface area contributed by atoms with Gasteiger partial charge in [0.1, 0.15) is 0 Å². The molecule has 0 unspecified atom stereocenters. The highest BCUT2D eigenvalue weighted by atomic mass is 15.3. The Morgan fingerprint density at radius 2 is 1.93 bits per heavy atom. The molecule has 0 saturated carbocycles. The van der Waals surface area contributed by atoms with Crippen LogP contribution >= 0.6 is 0 Å². The molecule has 3 rings (SSSR count). The molecule has 1 aromatic carbocycles. The fraction of sp³-hybridized carbons (Fsp3) is 0.364. The molecular formula is C22H29N5. The first kappa shape index (κ1) is 19.1. The second kappa shape index (κ2) is 10.5. The van der Waals surface area contributed by atoms with Crippen molar-refractivity contribution in [2.24, 2.45) is 4.99 Å². The van der Waals surface area contributed by atoms with Gasteiger partial charge in [0.05, 0.1) is 0 Å². The van der Waals surface area contributed by atoms with E-state index in [9.17, 15) is 0 Å². The minimum absolute atomic E-state index is 0.873. The number of guanidine groups is 1. The van der Waals surface area contributed by atoms with Gasteiger partial charge in [-0.25, -0.2) is 0 Å². The molecule has 27 heavy (non-hydrogen) atoms. The van der Waals surface area contributed by atoms with Crippen molar-refractivity contribution in [1.82, 2.24) is 20.1 Å². The quantitative estimate of drug-likeness (QED) is 0.633. The summed E-state index contributed by atoms with van der Waals surface area (Å²) < 4.78 is 0. The second-order valence-electron chi connectivity index (χ2n) is 6.69. The number of benzene rings is 1. The third-order valence-corrected chi connectivity index (χ3v) is 4.78. The first-order valence-corrected chi connectivity index (χ1v) is 9.63. The summed E-state index contributed by atoms with van der Waals surface area (Å²) in [7, 11) is 1.86. The number of rotatable bonds is 6. The maximum absolute atomic E-state index is 4.45. The first-order valence-electron chi connectivity index (χ1n) is 9.63. The van der Waals surface area contributed by atoms with Crippen LogP contribution in [0.2, 0.25) is 0 Å². The maximum atomic E-state index is 4.45. The summed E-state index contributed by atoms with van der Waals surface area (Å²) in [5.74, 6) is 0.998. The molecule has 2 heterocycles. The smallest absolute Gasteiger partial charge is 0.193 e. The molecule has 0 radical (unpaired) electrons. The van der Waals surface area contributed by atoms with E-state index < -0.39 is 0 Å². The van der Waals surface area contributed by atoms with Crippen LogP contribution < -0.4 is 5.32 Å². The number of nitrogens with one attached hydrogen (secondary N) is 1. The predicted octanol–water partition coefficient (Wildman–Crippen LogP) is 2.53. The molecule has 142 valence electrons. The van der Waals surface area contributed by atoms with Crippen molar-refractivity contribution >= 4 is 12.0 Å². The van der Waals surface area contributed by atoms with Crippen molar-refractivity contribution in [2.45, 2.75) is 6.42 Å². The van der Waals surface area contributed by atoms with E-state index in [-0.39, 0.29) is 0 Å². The summed E-state index contributed by atoms with van der Waals surface area (Å²) in [6, 6.07) is 14.6. The summed E-state index contributed by atoms with van der Waals surface area (Å²) in [5.41, 5.74) is 2.50. The van der Waals surface area contributed by atoms with Crippen molar-refractivity contribution in [3.8, 4) is 0 Å². The second-order valence-corrected chi connectivity index (χ2v) is 6.69. The summed E-state index contributed by atoms with van der Waals surface area (Å²) in [6.07, 6.45) is 9.14. The Kier molecular flexibility index (Phi) is 7.42. The number of hydrogen-bond acceptors (Lipinski definition) is 3. The molecule has 1 aromatic heterocycles. The van der Waals surface area contributed by atoms with Crippen molar-refractivity contribution in [3.63, 3.8) is 0 Å². The highest BCUT2D eigenvalue weighted by Gasteiger charge is 2.18. The van der Waals surface area contributed by atoms with Crippen LogP contribution in [0.5, 0.6) is 0 Å². The van der Waals surface area contributed by atoms with E-state index in [0.29, 0.717) is 0 Å². The van der Waals surface area contributed by atoms with Crippen LogP contribution in [0.25, 0.3) is 6.08 Å². The molecule has 2 aromatic rings. The van der Waals surface area contributed by atoms with E-state index in [1.165, 1.54) is 11.1 Å². The highest BCUT2D eigenvalue weighted by molar-refractivity contribution is 5.80. The van der Waals surface area contributed by atoms with E-state index in [4.69, 9.17) is 0 Å². The van der Waals surface area contributed by atoms with Crippen LogP contribution in [-0.4, -0.2) is 67.1 Å². The van der Waals surface area contributed by atoms with E-state index in [1.54, 1.807) is 0 Å². The Balaban J connectivity index is 1.38. The molecule has 1 aliphatic heterocycles. The molecule has 0 bridgehead atoms. The average Bonchev–Trinajstić information content (AvgIpc) is 2.73. The van der Waals surface area contributed by atoms with Gasteiger partial charge in [-0.05, 0) is 23.6 Å². The van der Waals surface area contributed by atoms with Crippen molar-refractivity contribution < 1.29 is 0 Å². The Labute approximate surface area is 162 Å². The topological polar surface area (TPSA) is 43.8 Å². The van der Waals surface area contributed by atoms with Crippen LogP contribution in [-0.2, 0) is 6.42 Å². The van der Waals surface area contributed by atoms with Crippen LogP contribution in [0.1, 0.15) is 11.1 Å². The van der Waals surface area contributed by atoms with Crippen molar-refractivity contribution in [3.05, 3.63) is 72.1 Å². The van der Waals surface area contributed by atoms with Crippen LogP contribution in [0.4, 0.5) is 0 Å². The fourth-order valence-electron chi connectivity index (χ4n) is 3.24. The zero-order valence-electron chi connectivity index (χ0n) is 16.1. The maximum Gasteiger partial charge on any atom is 0.193 e. The number of aliphatic imine (C=N–C) groups is 1. The predicted molar refractivity (Wildman–Crippen MR) is 113 cm³/mol. The lowest BCUT2D eigenvalue weighted by Gasteiger charge is -2.36. The van der Waals surface area contributed by atoms with Gasteiger partial charge >= 0.3 is 0 Å². The molecular weight excluding hydrogens is 334 g/mol. The van der Waals surface area contributed by atoms with Gasteiger partial charge in [0, 0.05) is 58.7 Å². The summed E-state index contributed by atoms with van der Waals surface area (Å²) in [4.78, 5) is 13.5. The zero-order valence-corrected chi connectivity index (χ0v) is 16.1. The normalized spacial score (nSPS) is 16.0. The monoisotopic (exact) mass is 363 g/mol. The van der Waals surface area contributed by atoms with Gasteiger partial charge in [0.25, 0.3) is 0 Å². The minimum atomic E-state index is 0.873. The van der Waals surface area contributed by atoms with Gasteiger partial charge in [-0.3, -0.25) is 14.9 Å². The molecule has 1 aliphatic rings. The lowest BCUT2D eigenvalue weighted by molar-refractivity contribution is 0.194. The molecule has 1 saturated heterocycles. The van der Waals surface area contributed by atoms with E-state index >= 15 is 0 Å². The minimum Gasteiger partial charge on any atom is -0.356 e. The molecule has 1 N–H and O–H groups in total. The van der Waals surface area contributed by atoms with Crippen molar-refractivity contribution in [1.29, 1.82) is 0 Å². The number of pyridine rings is 1. The third kappa shape index (κ3) is 6.22. The Morgan fingerprint density at radius 3 is 2.63 bits per heavy atom. The lowest BCUT2D eigenvalue weighted by Crippen LogP contribution is -2.52. The van der Waals surface area contributed by atoms with Crippen LogP contribution in [0.3, 0.4) is 0 Å². The number of piperazine rings is 1. The number of hydrogen-bond donors (Lipinski definition) is 1. The average molecular weight is 364 g/mol. The Bertz CT molecular complexity index is 719. The molecule has 1 fully saturated rings. The largest absolute Gasteiger partial charge is 0.356 e. The SMILES string of the molecule is CN=C(NCCc1cccnc1)N1CCN(CC=Cc2ccccc2)CC1. The Morgan fingerprint density at radius 1 is 1.11 bits per heavy atom. The molecule has 5 nitrogen and oxygen atoms in total. The van der Waals surface area contributed by atoms with Crippen LogP contribution in [0, 0.1) is 0 Å². The van der Waals surface area contributed by atoms with Crippen LogP contribution in [0.15, 0.2) is 65.9 Å². The summed E-state index contributed by atoms with van der Waals surface area (Å²) in [6.45, 7) is 6.00. The van der Waals surface area contributed by atoms with Gasteiger partial charge in [0.15, 0.2) is 5.96 Å². The first-order chi connectivity index (χ1) is 13.3. The van der Waals surface area contributed by atoms with E-state index in [0.717, 1.165) is 51.6 Å². The summed E-state index contributed by atoms with van der Waals surface area (Å²) >= 11 is 0. The van der Waals surface area contributed by atoms with Gasteiger partial charge in [-0.15, -0.1) is 0 Å². The highest BCUT2D eigenvalue weighted by Crippen LogP contribution is 2.05. The van der Waals surface area contributed by atoms with Gasteiger partial charge in [-0.1, -0.05) is 48.6 Å². The standard InChI is InChI=1S/C22H29N5/c1-23-22(25-13-11-21-9-5-12-24-19-21)27-17-15-26(16-18-27)14-6-10-20-7-3-2-4-8-20/h2-10,12,19H,11,13-18H2,1H3,(H,23,25). The van der Waals surface area contributed by atoms with E-state index in [1.807, 2.05) is 31.6 Å². The molecule has 0 aliphatic carbocycles. The molecule has 5 heteroatoms.